The molecular weight excluding hydrogens is 338 g/mol. The topological polar surface area (TPSA) is 33.7 Å². The Balaban J connectivity index is 0.00000288. The van der Waals surface area contributed by atoms with E-state index in [1.807, 2.05) is 13.1 Å². The molecule has 1 aliphatic rings. The molecule has 7 heteroatoms. The molecule has 1 fully saturated rings. The predicted molar refractivity (Wildman–Crippen MR) is 93.4 cm³/mol. The van der Waals surface area contributed by atoms with Crippen molar-refractivity contribution in [2.24, 2.45) is 5.92 Å². The van der Waals surface area contributed by atoms with Crippen LogP contribution in [0.4, 0.5) is 8.78 Å². The third kappa shape index (κ3) is 6.42. The maximum Gasteiger partial charge on any atom is 0.387 e. The Morgan fingerprint density at radius 1 is 1.25 bits per heavy atom. The molecule has 0 aromatic heterocycles. The van der Waals surface area contributed by atoms with Crippen LogP contribution in [0.3, 0.4) is 0 Å². The van der Waals surface area contributed by atoms with Crippen LogP contribution in [0.2, 0.25) is 0 Å². The standard InChI is InChI=1S/C17H26F2N2O2.ClH/c1-20-8-5-13-6-9-21(10-7-13)12-14-3-4-15(23-17(18)19)16(11-14)22-2;/h3-4,11,13,17,20H,5-10,12H2,1-2H3;1H. The highest BCUT2D eigenvalue weighted by atomic mass is 35.5. The summed E-state index contributed by atoms with van der Waals surface area (Å²) in [6.07, 6.45) is 3.66. The van der Waals surface area contributed by atoms with Crippen molar-refractivity contribution >= 4 is 12.4 Å². The van der Waals surface area contributed by atoms with E-state index in [1.165, 1.54) is 26.4 Å². The Labute approximate surface area is 148 Å². The summed E-state index contributed by atoms with van der Waals surface area (Å²) in [6, 6.07) is 5.16. The SMILES string of the molecule is CNCCC1CCN(Cc2ccc(OC(F)F)c(OC)c2)CC1.Cl. The van der Waals surface area contributed by atoms with E-state index in [9.17, 15) is 8.78 Å². The van der Waals surface area contributed by atoms with E-state index in [0.29, 0.717) is 5.75 Å². The molecule has 138 valence electrons. The number of rotatable bonds is 8. The van der Waals surface area contributed by atoms with Crippen molar-refractivity contribution in [3.63, 3.8) is 0 Å². The lowest BCUT2D eigenvalue weighted by Crippen LogP contribution is -2.34. The highest BCUT2D eigenvalue weighted by Crippen LogP contribution is 2.30. The molecule has 1 aromatic carbocycles. The summed E-state index contributed by atoms with van der Waals surface area (Å²) in [5, 5.41) is 3.20. The molecule has 4 nitrogen and oxygen atoms in total. The van der Waals surface area contributed by atoms with Gasteiger partial charge in [0.05, 0.1) is 7.11 Å². The smallest absolute Gasteiger partial charge is 0.387 e. The number of piperidine rings is 1. The molecule has 0 radical (unpaired) electrons. The van der Waals surface area contributed by atoms with Gasteiger partial charge in [0, 0.05) is 6.54 Å². The molecule has 1 N–H and O–H groups in total. The van der Waals surface area contributed by atoms with Crippen molar-refractivity contribution in [3.8, 4) is 11.5 Å². The number of nitrogens with one attached hydrogen (secondary N) is 1. The Kier molecular flexibility index (Phi) is 9.33. The highest BCUT2D eigenvalue weighted by Gasteiger charge is 2.19. The van der Waals surface area contributed by atoms with Gasteiger partial charge in [-0.25, -0.2) is 0 Å². The van der Waals surface area contributed by atoms with Crippen LogP contribution in [0.5, 0.6) is 11.5 Å². The van der Waals surface area contributed by atoms with Crippen molar-refractivity contribution in [3.05, 3.63) is 23.8 Å². The van der Waals surface area contributed by atoms with Gasteiger partial charge in [-0.3, -0.25) is 4.90 Å². The molecule has 24 heavy (non-hydrogen) atoms. The molecule has 1 aliphatic heterocycles. The van der Waals surface area contributed by atoms with Gasteiger partial charge in [-0.15, -0.1) is 12.4 Å². The Bertz CT molecular complexity index is 484. The lowest BCUT2D eigenvalue weighted by molar-refractivity contribution is -0.0512. The number of alkyl halides is 2. The van der Waals surface area contributed by atoms with Crippen LogP contribution in [0.25, 0.3) is 0 Å². The van der Waals surface area contributed by atoms with Gasteiger partial charge in [-0.1, -0.05) is 6.07 Å². The predicted octanol–water partition coefficient (Wildman–Crippen LogP) is 3.54. The average molecular weight is 365 g/mol. The van der Waals surface area contributed by atoms with Gasteiger partial charge >= 0.3 is 6.61 Å². The molecule has 2 rings (SSSR count). The third-order valence-electron chi connectivity index (χ3n) is 4.36. The number of benzene rings is 1. The van der Waals surface area contributed by atoms with Crippen LogP contribution in [0, 0.1) is 5.92 Å². The summed E-state index contributed by atoms with van der Waals surface area (Å²) in [7, 11) is 3.45. The van der Waals surface area contributed by atoms with E-state index >= 15 is 0 Å². The van der Waals surface area contributed by atoms with Crippen molar-refractivity contribution in [1.82, 2.24) is 10.2 Å². The summed E-state index contributed by atoms with van der Waals surface area (Å²) in [6.45, 7) is 1.20. The van der Waals surface area contributed by atoms with Crippen molar-refractivity contribution < 1.29 is 18.3 Å². The first kappa shape index (κ1) is 20.9. The summed E-state index contributed by atoms with van der Waals surface area (Å²) < 4.78 is 34.3. The quantitative estimate of drug-likeness (QED) is 0.765. The molecule has 0 unspecified atom stereocenters. The first-order valence-corrected chi connectivity index (χ1v) is 8.11. The fraction of sp³-hybridized carbons (Fsp3) is 0.647. The number of nitrogens with zero attached hydrogens (tertiary/aromatic N) is 1. The second-order valence-corrected chi connectivity index (χ2v) is 5.98. The van der Waals surface area contributed by atoms with Gasteiger partial charge in [-0.05, 0) is 69.6 Å². The fourth-order valence-electron chi connectivity index (χ4n) is 3.04. The maximum atomic E-state index is 12.3. The Hall–Kier alpha value is -1.11. The summed E-state index contributed by atoms with van der Waals surface area (Å²) >= 11 is 0. The number of hydrogen-bond donors (Lipinski definition) is 1. The van der Waals surface area contributed by atoms with E-state index in [4.69, 9.17) is 4.74 Å². The van der Waals surface area contributed by atoms with Gasteiger partial charge in [0.1, 0.15) is 0 Å². The minimum atomic E-state index is -2.84. The van der Waals surface area contributed by atoms with Gasteiger partial charge in [0.2, 0.25) is 0 Å². The molecule has 0 spiro atoms. The highest BCUT2D eigenvalue weighted by molar-refractivity contribution is 5.85. The number of hydrogen-bond acceptors (Lipinski definition) is 4. The van der Waals surface area contributed by atoms with Crippen LogP contribution in [-0.2, 0) is 6.54 Å². The summed E-state index contributed by atoms with van der Waals surface area (Å²) in [5.41, 5.74) is 1.05. The molecule has 0 aliphatic carbocycles. The maximum absolute atomic E-state index is 12.3. The van der Waals surface area contributed by atoms with Crippen molar-refractivity contribution in [2.45, 2.75) is 32.4 Å². The molecule has 1 aromatic rings. The minimum Gasteiger partial charge on any atom is -0.493 e. The van der Waals surface area contributed by atoms with Gasteiger partial charge in [0.25, 0.3) is 0 Å². The zero-order chi connectivity index (χ0) is 16.7. The Morgan fingerprint density at radius 3 is 2.54 bits per heavy atom. The molecule has 0 bridgehead atoms. The minimum absolute atomic E-state index is 0. The second kappa shape index (κ2) is 10.7. The van der Waals surface area contributed by atoms with Crippen LogP contribution in [0.15, 0.2) is 18.2 Å². The summed E-state index contributed by atoms with van der Waals surface area (Å²) in [4.78, 5) is 2.40. The lowest BCUT2D eigenvalue weighted by atomic mass is 9.93. The average Bonchev–Trinajstić information content (AvgIpc) is 2.55. The van der Waals surface area contributed by atoms with E-state index in [-0.39, 0.29) is 18.2 Å². The van der Waals surface area contributed by atoms with E-state index < -0.39 is 6.61 Å². The van der Waals surface area contributed by atoms with Gasteiger partial charge < -0.3 is 14.8 Å². The Morgan fingerprint density at radius 2 is 1.96 bits per heavy atom. The molecule has 0 amide bonds. The van der Waals surface area contributed by atoms with Crippen molar-refractivity contribution in [1.29, 1.82) is 0 Å². The number of methoxy groups -OCH3 is 1. The first-order valence-electron chi connectivity index (χ1n) is 8.11. The molecule has 0 atom stereocenters. The zero-order valence-corrected chi connectivity index (χ0v) is 15.1. The van der Waals surface area contributed by atoms with Crippen molar-refractivity contribution in [2.75, 3.05) is 33.8 Å². The molecule has 1 heterocycles. The van der Waals surface area contributed by atoms with Gasteiger partial charge in [-0.2, -0.15) is 8.78 Å². The van der Waals surface area contributed by atoms with Crippen LogP contribution in [0.1, 0.15) is 24.8 Å². The number of ether oxygens (including phenoxy) is 2. The second-order valence-electron chi connectivity index (χ2n) is 5.98. The number of likely N-dealkylation sites (tertiary alicyclic amines) is 1. The number of halogens is 3. The summed E-state index contributed by atoms with van der Waals surface area (Å²) in [5.74, 6) is 1.23. The first-order chi connectivity index (χ1) is 11.1. The monoisotopic (exact) mass is 364 g/mol. The fourth-order valence-corrected chi connectivity index (χ4v) is 3.04. The zero-order valence-electron chi connectivity index (χ0n) is 14.3. The van der Waals surface area contributed by atoms with Gasteiger partial charge in [0.15, 0.2) is 11.5 Å². The molecule has 1 saturated heterocycles. The van der Waals surface area contributed by atoms with E-state index in [2.05, 4.69) is 15.0 Å². The molecular formula is C17H27ClF2N2O2. The van der Waals surface area contributed by atoms with Crippen LogP contribution < -0.4 is 14.8 Å². The van der Waals surface area contributed by atoms with E-state index in [1.54, 1.807) is 12.1 Å². The normalized spacial score (nSPS) is 16.0. The lowest BCUT2D eigenvalue weighted by Gasteiger charge is -2.32. The largest absolute Gasteiger partial charge is 0.493 e. The van der Waals surface area contributed by atoms with Crippen LogP contribution in [-0.4, -0.2) is 45.3 Å². The van der Waals surface area contributed by atoms with E-state index in [0.717, 1.165) is 37.7 Å². The van der Waals surface area contributed by atoms with Crippen LogP contribution >= 0.6 is 12.4 Å². The third-order valence-corrected chi connectivity index (χ3v) is 4.36. The molecule has 0 saturated carbocycles.